The van der Waals surface area contributed by atoms with Gasteiger partial charge in [0.25, 0.3) is 5.56 Å². The number of aromatic nitrogens is 2. The van der Waals surface area contributed by atoms with Gasteiger partial charge in [0.15, 0.2) is 0 Å². The van der Waals surface area contributed by atoms with E-state index in [-0.39, 0.29) is 23.1 Å². The number of hydrogen-bond donors (Lipinski definition) is 3. The fraction of sp³-hybridized carbons (Fsp3) is 0.476. The molecule has 0 radical (unpaired) electrons. The quantitative estimate of drug-likeness (QED) is 0.490. The number of nitrogens with one attached hydrogen (secondary N) is 2. The SMILES string of the molecule is CCCCn1c(N)c(N(CCC(C)C)CC(=O)Nc2cccc(Cl)c2Cl)c(=O)[nH]c1=O. The van der Waals surface area contributed by atoms with E-state index in [1.807, 2.05) is 20.8 Å². The molecule has 0 fully saturated rings. The van der Waals surface area contributed by atoms with Gasteiger partial charge in [-0.1, -0.05) is 56.5 Å². The molecule has 0 aliphatic rings. The summed E-state index contributed by atoms with van der Waals surface area (Å²) in [4.78, 5) is 41.6. The van der Waals surface area contributed by atoms with Crippen molar-refractivity contribution in [2.24, 2.45) is 5.92 Å². The number of halogens is 2. The standard InChI is InChI=1S/C21H29Cl2N5O3/c1-4-5-10-28-19(24)18(20(30)26-21(28)31)27(11-9-13(2)3)12-16(29)25-15-8-6-7-14(22)17(15)23/h6-8,13H,4-5,9-12,24H2,1-3H3,(H,25,29)(H,26,30,31). The zero-order valence-electron chi connectivity index (χ0n) is 18.0. The van der Waals surface area contributed by atoms with Crippen molar-refractivity contribution in [2.45, 2.75) is 46.6 Å². The van der Waals surface area contributed by atoms with Gasteiger partial charge in [-0.05, 0) is 30.9 Å². The predicted octanol–water partition coefficient (Wildman–Crippen LogP) is 3.72. The highest BCUT2D eigenvalue weighted by Crippen LogP contribution is 2.29. The largest absolute Gasteiger partial charge is 0.383 e. The van der Waals surface area contributed by atoms with E-state index in [4.69, 9.17) is 28.9 Å². The molecule has 0 aliphatic carbocycles. The Balaban J connectivity index is 2.38. The highest BCUT2D eigenvalue weighted by Gasteiger charge is 2.22. The summed E-state index contributed by atoms with van der Waals surface area (Å²) < 4.78 is 1.34. The van der Waals surface area contributed by atoms with Crippen molar-refractivity contribution in [3.63, 3.8) is 0 Å². The van der Waals surface area contributed by atoms with Crippen LogP contribution in [0.2, 0.25) is 10.0 Å². The van der Waals surface area contributed by atoms with Crippen molar-refractivity contribution in [1.29, 1.82) is 0 Å². The van der Waals surface area contributed by atoms with Gasteiger partial charge in [-0.2, -0.15) is 0 Å². The molecule has 1 amide bonds. The number of aromatic amines is 1. The van der Waals surface area contributed by atoms with Crippen LogP contribution < -0.4 is 27.2 Å². The minimum atomic E-state index is -0.618. The second-order valence-electron chi connectivity index (χ2n) is 7.75. The number of nitrogens with zero attached hydrogens (tertiary/aromatic N) is 2. The first-order chi connectivity index (χ1) is 14.6. The number of unbranched alkanes of at least 4 members (excludes halogenated alkanes) is 1. The number of H-pyrrole nitrogens is 1. The smallest absolute Gasteiger partial charge is 0.330 e. The molecule has 10 heteroatoms. The number of rotatable bonds is 10. The number of nitrogens with two attached hydrogens (primary N) is 1. The maximum Gasteiger partial charge on any atom is 0.330 e. The van der Waals surface area contributed by atoms with Gasteiger partial charge < -0.3 is 16.0 Å². The molecule has 2 rings (SSSR count). The number of amides is 1. The molecule has 2 aromatic rings. The summed E-state index contributed by atoms with van der Waals surface area (Å²) >= 11 is 12.2. The third-order valence-electron chi connectivity index (χ3n) is 4.80. The van der Waals surface area contributed by atoms with E-state index < -0.39 is 17.2 Å². The van der Waals surface area contributed by atoms with E-state index in [1.165, 1.54) is 4.57 Å². The maximum absolute atomic E-state index is 12.8. The predicted molar refractivity (Wildman–Crippen MR) is 127 cm³/mol. The summed E-state index contributed by atoms with van der Waals surface area (Å²) in [7, 11) is 0. The van der Waals surface area contributed by atoms with Crippen molar-refractivity contribution in [1.82, 2.24) is 9.55 Å². The summed E-state index contributed by atoms with van der Waals surface area (Å²) in [6, 6.07) is 4.93. The number of carbonyl (C=O) groups is 1. The number of nitrogen functional groups attached to an aromatic ring is 1. The molecule has 4 N–H and O–H groups in total. The Kier molecular flexibility index (Phi) is 9.00. The molecule has 0 spiro atoms. The first-order valence-electron chi connectivity index (χ1n) is 10.3. The van der Waals surface area contributed by atoms with Crippen molar-refractivity contribution in [3.05, 3.63) is 49.1 Å². The van der Waals surface area contributed by atoms with E-state index in [9.17, 15) is 14.4 Å². The van der Waals surface area contributed by atoms with Crippen molar-refractivity contribution in [2.75, 3.05) is 29.0 Å². The minimum Gasteiger partial charge on any atom is -0.383 e. The Labute approximate surface area is 191 Å². The van der Waals surface area contributed by atoms with Crippen molar-refractivity contribution in [3.8, 4) is 0 Å². The second kappa shape index (κ2) is 11.2. The Morgan fingerprint density at radius 1 is 1.29 bits per heavy atom. The lowest BCUT2D eigenvalue weighted by Crippen LogP contribution is -2.42. The third-order valence-corrected chi connectivity index (χ3v) is 5.62. The Bertz CT molecular complexity index is 1030. The summed E-state index contributed by atoms with van der Waals surface area (Å²) in [5.74, 6) is -0.00295. The van der Waals surface area contributed by atoms with Crippen molar-refractivity contribution >= 4 is 46.3 Å². The van der Waals surface area contributed by atoms with Crippen LogP contribution >= 0.6 is 23.2 Å². The van der Waals surface area contributed by atoms with Gasteiger partial charge >= 0.3 is 5.69 Å². The molecule has 1 heterocycles. The first-order valence-corrected chi connectivity index (χ1v) is 11.0. The molecule has 8 nitrogen and oxygen atoms in total. The highest BCUT2D eigenvalue weighted by molar-refractivity contribution is 6.44. The average molecular weight is 470 g/mol. The second-order valence-corrected chi connectivity index (χ2v) is 8.54. The number of benzene rings is 1. The number of hydrogen-bond acceptors (Lipinski definition) is 5. The molecular formula is C21H29Cl2N5O3. The Morgan fingerprint density at radius 3 is 2.65 bits per heavy atom. The van der Waals surface area contributed by atoms with Gasteiger partial charge in [-0.25, -0.2) is 4.79 Å². The fourth-order valence-corrected chi connectivity index (χ4v) is 3.42. The molecule has 170 valence electrons. The van der Waals surface area contributed by atoms with E-state index in [0.717, 1.165) is 19.3 Å². The lowest BCUT2D eigenvalue weighted by atomic mass is 10.1. The van der Waals surface area contributed by atoms with Crippen LogP contribution in [-0.4, -0.2) is 28.5 Å². The van der Waals surface area contributed by atoms with E-state index in [0.29, 0.717) is 29.7 Å². The highest BCUT2D eigenvalue weighted by atomic mass is 35.5. The molecular weight excluding hydrogens is 441 g/mol. The van der Waals surface area contributed by atoms with Gasteiger partial charge in [-0.15, -0.1) is 0 Å². The molecule has 0 aliphatic heterocycles. The molecule has 1 aromatic carbocycles. The van der Waals surface area contributed by atoms with Crippen LogP contribution in [0.5, 0.6) is 0 Å². The zero-order chi connectivity index (χ0) is 23.1. The maximum atomic E-state index is 12.8. The first kappa shape index (κ1) is 24.8. The molecule has 0 saturated carbocycles. The van der Waals surface area contributed by atoms with Gasteiger partial charge in [0.2, 0.25) is 5.91 Å². The molecule has 0 saturated heterocycles. The molecule has 0 unspecified atom stereocenters. The molecule has 0 atom stereocenters. The lowest BCUT2D eigenvalue weighted by Gasteiger charge is -2.26. The monoisotopic (exact) mass is 469 g/mol. The van der Waals surface area contributed by atoms with Gasteiger partial charge in [0, 0.05) is 13.1 Å². The van der Waals surface area contributed by atoms with Gasteiger partial charge in [0.1, 0.15) is 11.5 Å². The van der Waals surface area contributed by atoms with Crippen LogP contribution in [0.15, 0.2) is 27.8 Å². The van der Waals surface area contributed by atoms with Crippen LogP contribution in [0.3, 0.4) is 0 Å². The zero-order valence-corrected chi connectivity index (χ0v) is 19.5. The minimum absolute atomic E-state index is 0.0551. The van der Waals surface area contributed by atoms with Crippen LogP contribution in [0.1, 0.15) is 40.0 Å². The van der Waals surface area contributed by atoms with Gasteiger partial charge in [0.05, 0.1) is 22.3 Å². The fourth-order valence-electron chi connectivity index (χ4n) is 3.07. The summed E-state index contributed by atoms with van der Waals surface area (Å²) in [5, 5.41) is 3.27. The number of anilines is 3. The van der Waals surface area contributed by atoms with Gasteiger partial charge in [-0.3, -0.25) is 19.1 Å². The normalized spacial score (nSPS) is 11.0. The molecule has 31 heavy (non-hydrogen) atoms. The topological polar surface area (TPSA) is 113 Å². The Morgan fingerprint density at radius 2 is 2.00 bits per heavy atom. The Hall–Kier alpha value is -2.45. The van der Waals surface area contributed by atoms with Crippen LogP contribution in [0, 0.1) is 5.92 Å². The lowest BCUT2D eigenvalue weighted by molar-refractivity contribution is -0.115. The molecule has 0 bridgehead atoms. The van der Waals surface area contributed by atoms with Crippen LogP contribution in [0.4, 0.5) is 17.2 Å². The summed E-state index contributed by atoms with van der Waals surface area (Å²) in [6.45, 7) is 6.73. The molecule has 1 aromatic heterocycles. The average Bonchev–Trinajstić information content (AvgIpc) is 2.69. The van der Waals surface area contributed by atoms with E-state index >= 15 is 0 Å². The number of carbonyl (C=O) groups excluding carboxylic acids is 1. The van der Waals surface area contributed by atoms with Crippen LogP contribution in [0.25, 0.3) is 0 Å². The summed E-state index contributed by atoms with van der Waals surface area (Å²) in [6.07, 6.45) is 2.31. The van der Waals surface area contributed by atoms with Crippen LogP contribution in [-0.2, 0) is 11.3 Å². The van der Waals surface area contributed by atoms with E-state index in [2.05, 4.69) is 10.3 Å². The van der Waals surface area contributed by atoms with E-state index in [1.54, 1.807) is 23.1 Å². The van der Waals surface area contributed by atoms with Crippen molar-refractivity contribution < 1.29 is 4.79 Å². The third kappa shape index (κ3) is 6.51. The summed E-state index contributed by atoms with van der Waals surface area (Å²) in [5.41, 5.74) is 5.55.